The fourth-order valence-electron chi connectivity index (χ4n) is 2.95. The zero-order chi connectivity index (χ0) is 15.5. The van der Waals surface area contributed by atoms with Gasteiger partial charge < -0.3 is 21.5 Å². The summed E-state index contributed by atoms with van der Waals surface area (Å²) in [5.74, 6) is -0.443. The monoisotopic (exact) mass is 291 g/mol. The predicted molar refractivity (Wildman–Crippen MR) is 85.3 cm³/mol. The number of carbonyl (C=O) groups excluding carboxylic acids is 1. The molecule has 1 aliphatic heterocycles. The second-order valence-corrected chi connectivity index (χ2v) is 5.74. The molecule has 1 aromatic carbocycles. The van der Waals surface area contributed by atoms with Gasteiger partial charge in [-0.15, -0.1) is 0 Å². The minimum Gasteiger partial charge on any atom is -0.397 e. The molecule has 1 atom stereocenters. The Kier molecular flexibility index (Phi) is 4.73. The molecule has 0 radical (unpaired) electrons. The summed E-state index contributed by atoms with van der Waals surface area (Å²) in [7, 11) is 0. The molecule has 21 heavy (non-hydrogen) atoms. The molecule has 0 aliphatic carbocycles. The van der Waals surface area contributed by atoms with E-state index in [9.17, 15) is 4.79 Å². The zero-order valence-corrected chi connectivity index (χ0v) is 12.8. The summed E-state index contributed by atoms with van der Waals surface area (Å²) in [6.07, 6.45) is 3.87. The molecule has 5 nitrogen and oxygen atoms in total. The van der Waals surface area contributed by atoms with Crippen LogP contribution in [0.2, 0.25) is 0 Å². The molecule has 0 saturated carbocycles. The lowest BCUT2D eigenvalue weighted by Crippen LogP contribution is -2.43. The molecule has 1 aliphatic rings. The van der Waals surface area contributed by atoms with Crippen LogP contribution >= 0.6 is 0 Å². The first-order valence-electron chi connectivity index (χ1n) is 7.59. The number of nitrogen functional groups attached to an aromatic ring is 1. The number of amides is 1. The summed E-state index contributed by atoms with van der Waals surface area (Å²) < 4.78 is 5.98. The Hall–Kier alpha value is -1.75. The first kappa shape index (κ1) is 15.6. The number of hydrogen-bond acceptors (Lipinski definition) is 4. The number of primary amides is 1. The number of nitrogens with two attached hydrogens (primary N) is 2. The number of hydrogen-bond donors (Lipinski definition) is 3. The van der Waals surface area contributed by atoms with Crippen molar-refractivity contribution in [3.05, 3.63) is 23.8 Å². The third-order valence-corrected chi connectivity index (χ3v) is 4.48. The fourth-order valence-corrected chi connectivity index (χ4v) is 2.95. The number of benzene rings is 1. The Balaban J connectivity index is 2.14. The minimum absolute atomic E-state index is 0.0496. The highest BCUT2D eigenvalue weighted by molar-refractivity contribution is 5.94. The van der Waals surface area contributed by atoms with Crippen molar-refractivity contribution in [2.45, 2.75) is 51.2 Å². The van der Waals surface area contributed by atoms with E-state index in [0.717, 1.165) is 38.0 Å². The van der Waals surface area contributed by atoms with Gasteiger partial charge >= 0.3 is 0 Å². The number of ether oxygens (including phenoxy) is 1. The Morgan fingerprint density at radius 2 is 2.14 bits per heavy atom. The highest BCUT2D eigenvalue weighted by Gasteiger charge is 2.34. The van der Waals surface area contributed by atoms with Gasteiger partial charge in [0.05, 0.1) is 17.0 Å². The van der Waals surface area contributed by atoms with E-state index in [-0.39, 0.29) is 5.60 Å². The zero-order valence-electron chi connectivity index (χ0n) is 12.8. The van der Waals surface area contributed by atoms with Crippen LogP contribution in [0, 0.1) is 0 Å². The normalized spacial score (nSPS) is 21.0. The molecule has 5 N–H and O–H groups in total. The van der Waals surface area contributed by atoms with Crippen molar-refractivity contribution in [3.8, 4) is 0 Å². The third kappa shape index (κ3) is 3.47. The minimum atomic E-state index is -0.443. The van der Waals surface area contributed by atoms with Crippen LogP contribution in [-0.4, -0.2) is 24.2 Å². The summed E-state index contributed by atoms with van der Waals surface area (Å²) >= 11 is 0. The molecular formula is C16H25N3O2. The number of nitrogens with one attached hydrogen (secondary N) is 1. The van der Waals surface area contributed by atoms with Crippen molar-refractivity contribution < 1.29 is 9.53 Å². The van der Waals surface area contributed by atoms with Crippen molar-refractivity contribution in [2.75, 3.05) is 17.7 Å². The number of carbonyl (C=O) groups is 1. The predicted octanol–water partition coefficient (Wildman–Crippen LogP) is 2.52. The molecule has 0 bridgehead atoms. The van der Waals surface area contributed by atoms with Crippen LogP contribution in [0.25, 0.3) is 0 Å². The average molecular weight is 291 g/mol. The fraction of sp³-hybridized carbons (Fsp3) is 0.562. The lowest BCUT2D eigenvalue weighted by molar-refractivity contribution is -0.0864. The Morgan fingerprint density at radius 1 is 1.43 bits per heavy atom. The smallest absolute Gasteiger partial charge is 0.248 e. The SMILES string of the molecule is CCC1(CC)CC(Nc2cc(C(N)=O)ccc2N)CCO1. The highest BCUT2D eigenvalue weighted by Crippen LogP contribution is 2.33. The second kappa shape index (κ2) is 6.35. The van der Waals surface area contributed by atoms with Crippen molar-refractivity contribution >= 4 is 17.3 Å². The van der Waals surface area contributed by atoms with Gasteiger partial charge in [-0.25, -0.2) is 0 Å². The van der Waals surface area contributed by atoms with E-state index in [0.29, 0.717) is 17.3 Å². The maximum Gasteiger partial charge on any atom is 0.248 e. The van der Waals surface area contributed by atoms with Crippen molar-refractivity contribution in [1.29, 1.82) is 0 Å². The van der Waals surface area contributed by atoms with E-state index in [1.54, 1.807) is 18.2 Å². The van der Waals surface area contributed by atoms with Crippen LogP contribution < -0.4 is 16.8 Å². The van der Waals surface area contributed by atoms with Gasteiger partial charge in [-0.3, -0.25) is 4.79 Å². The van der Waals surface area contributed by atoms with Gasteiger partial charge in [-0.1, -0.05) is 13.8 Å². The van der Waals surface area contributed by atoms with Gasteiger partial charge in [0.2, 0.25) is 5.91 Å². The average Bonchev–Trinajstić information content (AvgIpc) is 2.49. The lowest BCUT2D eigenvalue weighted by Gasteiger charge is -2.40. The molecule has 2 rings (SSSR count). The Labute approximate surface area is 126 Å². The molecule has 1 aromatic rings. The topological polar surface area (TPSA) is 90.4 Å². The van der Waals surface area contributed by atoms with Crippen LogP contribution in [0.4, 0.5) is 11.4 Å². The first-order chi connectivity index (χ1) is 9.99. The Morgan fingerprint density at radius 3 is 2.76 bits per heavy atom. The van der Waals surface area contributed by atoms with Crippen LogP contribution in [0.5, 0.6) is 0 Å². The molecule has 0 spiro atoms. The van der Waals surface area contributed by atoms with Gasteiger partial charge in [0.25, 0.3) is 0 Å². The van der Waals surface area contributed by atoms with E-state index >= 15 is 0 Å². The van der Waals surface area contributed by atoms with Crippen LogP contribution in [-0.2, 0) is 4.74 Å². The molecule has 1 heterocycles. The van der Waals surface area contributed by atoms with Crippen LogP contribution in [0.3, 0.4) is 0 Å². The van der Waals surface area contributed by atoms with Crippen molar-refractivity contribution in [3.63, 3.8) is 0 Å². The van der Waals surface area contributed by atoms with Gasteiger partial charge in [-0.2, -0.15) is 0 Å². The summed E-state index contributed by atoms with van der Waals surface area (Å²) in [4.78, 5) is 11.3. The summed E-state index contributed by atoms with van der Waals surface area (Å²) in [6.45, 7) is 5.07. The Bertz CT molecular complexity index is 512. The van der Waals surface area contributed by atoms with Crippen molar-refractivity contribution in [2.24, 2.45) is 5.73 Å². The van der Waals surface area contributed by atoms with Crippen LogP contribution in [0.15, 0.2) is 18.2 Å². The molecule has 5 heteroatoms. The van der Waals surface area contributed by atoms with E-state index in [1.165, 1.54) is 0 Å². The summed E-state index contributed by atoms with van der Waals surface area (Å²) in [5, 5.41) is 3.46. The molecule has 1 unspecified atom stereocenters. The maximum atomic E-state index is 11.3. The van der Waals surface area contributed by atoms with E-state index in [1.807, 2.05) is 0 Å². The maximum absolute atomic E-state index is 11.3. The van der Waals surface area contributed by atoms with Gasteiger partial charge in [0, 0.05) is 18.2 Å². The summed E-state index contributed by atoms with van der Waals surface area (Å²) in [5.41, 5.74) is 13.1. The standard InChI is InChI=1S/C16H25N3O2/c1-3-16(4-2)10-12(7-8-21-16)19-14-9-11(15(18)20)5-6-13(14)17/h5-6,9,12,19H,3-4,7-8,10,17H2,1-2H3,(H2,18,20). The molecule has 1 fully saturated rings. The van der Waals surface area contributed by atoms with Crippen molar-refractivity contribution in [1.82, 2.24) is 0 Å². The second-order valence-electron chi connectivity index (χ2n) is 5.74. The number of rotatable bonds is 5. The quantitative estimate of drug-likeness (QED) is 0.727. The highest BCUT2D eigenvalue weighted by atomic mass is 16.5. The lowest BCUT2D eigenvalue weighted by atomic mass is 9.86. The van der Waals surface area contributed by atoms with Crippen LogP contribution in [0.1, 0.15) is 49.9 Å². The first-order valence-corrected chi connectivity index (χ1v) is 7.59. The van der Waals surface area contributed by atoms with Gasteiger partial charge in [0.1, 0.15) is 0 Å². The largest absolute Gasteiger partial charge is 0.397 e. The van der Waals surface area contributed by atoms with E-state index in [2.05, 4.69) is 19.2 Å². The molecule has 116 valence electrons. The van der Waals surface area contributed by atoms with E-state index in [4.69, 9.17) is 16.2 Å². The molecule has 1 saturated heterocycles. The summed E-state index contributed by atoms with van der Waals surface area (Å²) in [6, 6.07) is 5.39. The van der Waals surface area contributed by atoms with E-state index < -0.39 is 5.91 Å². The van der Waals surface area contributed by atoms with Gasteiger partial charge in [0.15, 0.2) is 0 Å². The third-order valence-electron chi connectivity index (χ3n) is 4.48. The molecular weight excluding hydrogens is 266 g/mol. The van der Waals surface area contributed by atoms with Gasteiger partial charge in [-0.05, 0) is 43.9 Å². The molecule has 0 aromatic heterocycles. The molecule has 1 amide bonds. The number of anilines is 2.